The van der Waals surface area contributed by atoms with E-state index in [1.54, 1.807) is 49.6 Å². The lowest BCUT2D eigenvalue weighted by atomic mass is 10.1. The van der Waals surface area contributed by atoms with Crippen LogP contribution >= 0.6 is 22.7 Å². The van der Waals surface area contributed by atoms with E-state index in [1.807, 2.05) is 0 Å². The number of carbonyl (C=O) groups excluding carboxylic acids is 4. The molecular weight excluding hydrogens is 530 g/mol. The van der Waals surface area contributed by atoms with Crippen molar-refractivity contribution in [3.8, 4) is 11.5 Å². The molecule has 1 aliphatic carbocycles. The van der Waals surface area contributed by atoms with E-state index in [0.29, 0.717) is 32.5 Å². The quantitative estimate of drug-likeness (QED) is 0.140. The van der Waals surface area contributed by atoms with Gasteiger partial charge in [0, 0.05) is 10.4 Å². The first kappa shape index (κ1) is 27.0. The van der Waals surface area contributed by atoms with Crippen molar-refractivity contribution >= 4 is 57.1 Å². The number of esters is 2. The first-order chi connectivity index (χ1) is 18.3. The lowest BCUT2D eigenvalue weighted by molar-refractivity contribution is -0.136. The Balaban J connectivity index is 1.42. The SMILES string of the molecule is CCOC(=O)c1c(NC(=O)C(=O)NN=C(C)c2ccc(OC(=O)c3cccs3)c(OC)c2)sc2c1CCC2. The van der Waals surface area contributed by atoms with Crippen molar-refractivity contribution in [2.24, 2.45) is 5.10 Å². The Morgan fingerprint density at radius 1 is 1.05 bits per heavy atom. The van der Waals surface area contributed by atoms with E-state index < -0.39 is 23.8 Å². The number of methoxy groups -OCH3 is 1. The predicted octanol–water partition coefficient (Wildman–Crippen LogP) is 4.18. The summed E-state index contributed by atoms with van der Waals surface area (Å²) in [5, 5.41) is 8.61. The number of nitrogens with zero attached hydrogens (tertiary/aromatic N) is 1. The van der Waals surface area contributed by atoms with Crippen LogP contribution in [0.15, 0.2) is 40.8 Å². The summed E-state index contributed by atoms with van der Waals surface area (Å²) in [7, 11) is 1.44. The Morgan fingerprint density at radius 2 is 1.87 bits per heavy atom. The predicted molar refractivity (Wildman–Crippen MR) is 144 cm³/mol. The van der Waals surface area contributed by atoms with Crippen molar-refractivity contribution in [3.05, 3.63) is 62.2 Å². The van der Waals surface area contributed by atoms with Gasteiger partial charge in [0.25, 0.3) is 0 Å². The summed E-state index contributed by atoms with van der Waals surface area (Å²) >= 11 is 2.54. The minimum Gasteiger partial charge on any atom is -0.493 e. The van der Waals surface area contributed by atoms with Gasteiger partial charge in [0.15, 0.2) is 11.5 Å². The summed E-state index contributed by atoms with van der Waals surface area (Å²) in [6, 6.07) is 8.21. The molecule has 2 amide bonds. The normalized spacial score (nSPS) is 12.4. The fraction of sp³-hybridized carbons (Fsp3) is 0.269. The molecule has 0 saturated heterocycles. The van der Waals surface area contributed by atoms with E-state index in [1.165, 1.54) is 29.8 Å². The van der Waals surface area contributed by atoms with Gasteiger partial charge < -0.3 is 19.5 Å². The fourth-order valence-corrected chi connectivity index (χ4v) is 5.71. The van der Waals surface area contributed by atoms with Gasteiger partial charge in [0.1, 0.15) is 9.88 Å². The van der Waals surface area contributed by atoms with E-state index in [9.17, 15) is 19.2 Å². The minimum atomic E-state index is -0.999. The van der Waals surface area contributed by atoms with Crippen LogP contribution in [0.1, 0.15) is 56.3 Å². The summed E-state index contributed by atoms with van der Waals surface area (Å²) in [5.41, 5.74) is 4.36. The van der Waals surface area contributed by atoms with Crippen molar-refractivity contribution in [1.82, 2.24) is 5.43 Å². The number of amides is 2. The number of nitrogens with one attached hydrogen (secondary N) is 2. The van der Waals surface area contributed by atoms with Gasteiger partial charge in [-0.05, 0) is 68.3 Å². The van der Waals surface area contributed by atoms with Gasteiger partial charge in [-0.25, -0.2) is 15.0 Å². The number of fused-ring (bicyclic) bond motifs is 1. The Labute approximate surface area is 226 Å². The third-order valence-electron chi connectivity index (χ3n) is 5.67. The summed E-state index contributed by atoms with van der Waals surface area (Å²) in [6.07, 6.45) is 2.47. The molecule has 38 heavy (non-hydrogen) atoms. The van der Waals surface area contributed by atoms with Crippen LogP contribution in [0, 0.1) is 0 Å². The highest BCUT2D eigenvalue weighted by Crippen LogP contribution is 2.39. The van der Waals surface area contributed by atoms with Crippen molar-refractivity contribution in [3.63, 3.8) is 0 Å². The van der Waals surface area contributed by atoms with Gasteiger partial charge >= 0.3 is 23.8 Å². The number of aryl methyl sites for hydroxylation is 1. The number of rotatable bonds is 8. The second-order valence-corrected chi connectivity index (χ2v) is 10.2. The van der Waals surface area contributed by atoms with Gasteiger partial charge in [-0.3, -0.25) is 9.59 Å². The number of thiophene rings is 2. The molecule has 4 rings (SSSR count). The molecule has 2 N–H and O–H groups in total. The molecule has 12 heteroatoms. The number of hydrogen-bond acceptors (Lipinski definition) is 10. The molecule has 0 bridgehead atoms. The van der Waals surface area contributed by atoms with Crippen LogP contribution in [0.4, 0.5) is 5.00 Å². The average molecular weight is 556 g/mol. The average Bonchev–Trinajstić information content (AvgIpc) is 3.65. The topological polar surface area (TPSA) is 132 Å². The van der Waals surface area contributed by atoms with Crippen LogP contribution in [0.25, 0.3) is 0 Å². The van der Waals surface area contributed by atoms with Crippen molar-refractivity contribution in [1.29, 1.82) is 0 Å². The van der Waals surface area contributed by atoms with Crippen LogP contribution in [0.3, 0.4) is 0 Å². The number of benzene rings is 1. The van der Waals surface area contributed by atoms with Gasteiger partial charge in [0.2, 0.25) is 0 Å². The Bertz CT molecular complexity index is 1410. The highest BCUT2D eigenvalue weighted by Gasteiger charge is 2.29. The molecule has 0 aliphatic heterocycles. The van der Waals surface area contributed by atoms with E-state index in [0.717, 1.165) is 29.7 Å². The summed E-state index contributed by atoms with van der Waals surface area (Å²) in [5.74, 6) is -2.46. The largest absolute Gasteiger partial charge is 0.493 e. The monoisotopic (exact) mass is 555 g/mol. The van der Waals surface area contributed by atoms with Gasteiger partial charge in [-0.15, -0.1) is 22.7 Å². The number of hydrazone groups is 1. The van der Waals surface area contributed by atoms with Crippen LogP contribution < -0.4 is 20.2 Å². The lowest BCUT2D eigenvalue weighted by Gasteiger charge is -2.11. The van der Waals surface area contributed by atoms with E-state index in [2.05, 4.69) is 15.8 Å². The second-order valence-electron chi connectivity index (χ2n) is 8.11. The van der Waals surface area contributed by atoms with E-state index >= 15 is 0 Å². The summed E-state index contributed by atoms with van der Waals surface area (Å²) in [6.45, 7) is 3.54. The molecule has 0 unspecified atom stereocenters. The van der Waals surface area contributed by atoms with Gasteiger partial charge in [-0.2, -0.15) is 5.10 Å². The standard InChI is InChI=1S/C26H25N3O7S2/c1-4-35-26(33)21-16-7-5-8-19(16)38-24(21)27-22(30)23(31)29-28-14(2)15-10-11-17(18(13-15)34-3)36-25(32)20-9-6-12-37-20/h6,9-13H,4-5,7-8H2,1-3H3,(H,27,30)(H,29,31). The number of hydrogen-bond donors (Lipinski definition) is 2. The van der Waals surface area contributed by atoms with Crippen LogP contribution in [0.5, 0.6) is 11.5 Å². The lowest BCUT2D eigenvalue weighted by Crippen LogP contribution is -2.33. The molecule has 10 nitrogen and oxygen atoms in total. The van der Waals surface area contributed by atoms with Crippen LogP contribution in [-0.2, 0) is 27.2 Å². The smallest absolute Gasteiger partial charge is 0.353 e. The first-order valence-electron chi connectivity index (χ1n) is 11.7. The second kappa shape index (κ2) is 12.0. The molecule has 3 aromatic rings. The zero-order valence-electron chi connectivity index (χ0n) is 20.9. The number of ether oxygens (including phenoxy) is 3. The van der Waals surface area contributed by atoms with Gasteiger partial charge in [-0.1, -0.05) is 6.07 Å². The summed E-state index contributed by atoms with van der Waals surface area (Å²) < 4.78 is 15.9. The zero-order valence-corrected chi connectivity index (χ0v) is 22.5. The molecule has 0 fully saturated rings. The Morgan fingerprint density at radius 3 is 2.58 bits per heavy atom. The third kappa shape index (κ3) is 5.92. The summed E-state index contributed by atoms with van der Waals surface area (Å²) in [4.78, 5) is 51.2. The Hall–Kier alpha value is -4.03. The van der Waals surface area contributed by atoms with Gasteiger partial charge in [0.05, 0.1) is 25.0 Å². The highest BCUT2D eigenvalue weighted by molar-refractivity contribution is 7.17. The molecule has 1 aromatic carbocycles. The van der Waals surface area contributed by atoms with Crippen molar-refractivity contribution < 1.29 is 33.4 Å². The van der Waals surface area contributed by atoms with Crippen molar-refractivity contribution in [2.45, 2.75) is 33.1 Å². The number of anilines is 1. The molecule has 0 spiro atoms. The fourth-order valence-electron chi connectivity index (χ4n) is 3.84. The molecule has 2 aromatic heterocycles. The molecule has 0 atom stereocenters. The molecule has 0 radical (unpaired) electrons. The Kier molecular flexibility index (Phi) is 8.54. The first-order valence-corrected chi connectivity index (χ1v) is 13.4. The maximum Gasteiger partial charge on any atom is 0.353 e. The molecule has 2 heterocycles. The maximum absolute atomic E-state index is 12.6. The molecule has 0 saturated carbocycles. The third-order valence-corrected chi connectivity index (χ3v) is 7.72. The van der Waals surface area contributed by atoms with Crippen molar-refractivity contribution in [2.75, 3.05) is 19.0 Å². The molecule has 198 valence electrons. The zero-order chi connectivity index (χ0) is 27.2. The highest BCUT2D eigenvalue weighted by atomic mass is 32.1. The molecule has 1 aliphatic rings. The maximum atomic E-state index is 12.6. The van der Waals surface area contributed by atoms with Crippen LogP contribution in [0.2, 0.25) is 0 Å². The number of carbonyl (C=O) groups is 4. The van der Waals surface area contributed by atoms with E-state index in [-0.39, 0.29) is 12.4 Å². The van der Waals surface area contributed by atoms with Crippen LogP contribution in [-0.4, -0.2) is 43.2 Å². The molecular formula is C26H25N3O7S2. The minimum absolute atomic E-state index is 0.203. The van der Waals surface area contributed by atoms with E-state index in [4.69, 9.17) is 14.2 Å².